The van der Waals surface area contributed by atoms with Crippen molar-refractivity contribution in [3.05, 3.63) is 45.5 Å². The third kappa shape index (κ3) is 5.19. The van der Waals surface area contributed by atoms with Crippen LogP contribution < -0.4 is 5.32 Å². The van der Waals surface area contributed by atoms with E-state index in [-0.39, 0.29) is 24.5 Å². The van der Waals surface area contributed by atoms with Crippen molar-refractivity contribution >= 4 is 5.91 Å². The standard InChI is InChI=1S/C17H24N2O5/c20-10-9-17(7-2-1-3-8-17)13-18-16(21)15-6-4-5-14(11-15)12-24-19(22)23/h4-6,11,20H,1-3,7-10,12-13H2,(H,18,21). The van der Waals surface area contributed by atoms with E-state index in [2.05, 4.69) is 10.2 Å². The largest absolute Gasteiger partial charge is 0.396 e. The Labute approximate surface area is 141 Å². The first-order chi connectivity index (χ1) is 11.5. The van der Waals surface area contributed by atoms with Gasteiger partial charge in [-0.1, -0.05) is 31.4 Å². The Balaban J connectivity index is 1.96. The molecule has 1 aliphatic rings. The van der Waals surface area contributed by atoms with Crippen LogP contribution in [0.2, 0.25) is 0 Å². The second kappa shape index (κ2) is 8.63. The highest BCUT2D eigenvalue weighted by molar-refractivity contribution is 5.94. The molecule has 7 heteroatoms. The summed E-state index contributed by atoms with van der Waals surface area (Å²) in [5.41, 5.74) is 1.01. The molecule has 1 saturated carbocycles. The summed E-state index contributed by atoms with van der Waals surface area (Å²) in [5, 5.41) is 21.7. The van der Waals surface area contributed by atoms with E-state index < -0.39 is 5.09 Å². The first-order valence-electron chi connectivity index (χ1n) is 8.30. The number of amides is 1. The molecule has 1 aliphatic carbocycles. The van der Waals surface area contributed by atoms with Crippen molar-refractivity contribution < 1.29 is 19.8 Å². The summed E-state index contributed by atoms with van der Waals surface area (Å²) in [6.07, 6.45) is 6.20. The van der Waals surface area contributed by atoms with E-state index in [9.17, 15) is 20.0 Å². The third-order valence-electron chi connectivity index (χ3n) is 4.71. The van der Waals surface area contributed by atoms with Crippen LogP contribution in [0.15, 0.2) is 24.3 Å². The highest BCUT2D eigenvalue weighted by Crippen LogP contribution is 2.38. The molecule has 24 heavy (non-hydrogen) atoms. The van der Waals surface area contributed by atoms with Crippen LogP contribution in [0.3, 0.4) is 0 Å². The zero-order valence-electron chi connectivity index (χ0n) is 13.7. The van der Waals surface area contributed by atoms with Gasteiger partial charge in [-0.2, -0.15) is 0 Å². The van der Waals surface area contributed by atoms with Crippen LogP contribution in [0.25, 0.3) is 0 Å². The Morgan fingerprint density at radius 3 is 2.75 bits per heavy atom. The van der Waals surface area contributed by atoms with Gasteiger partial charge in [-0.25, -0.2) is 0 Å². The zero-order valence-corrected chi connectivity index (χ0v) is 13.7. The van der Waals surface area contributed by atoms with Crippen molar-refractivity contribution in [3.8, 4) is 0 Å². The second-order valence-electron chi connectivity index (χ2n) is 6.41. The van der Waals surface area contributed by atoms with E-state index >= 15 is 0 Å². The molecule has 0 aromatic heterocycles. The van der Waals surface area contributed by atoms with Crippen LogP contribution in [0.1, 0.15) is 54.4 Å². The minimum atomic E-state index is -0.853. The van der Waals surface area contributed by atoms with Crippen LogP contribution in [-0.2, 0) is 11.4 Å². The SMILES string of the molecule is O=C(NCC1(CCO)CCCCC1)c1cccc(CO[N+](=O)[O-])c1. The monoisotopic (exact) mass is 336 g/mol. The van der Waals surface area contributed by atoms with Crippen LogP contribution in [-0.4, -0.2) is 29.3 Å². The summed E-state index contributed by atoms with van der Waals surface area (Å²) in [7, 11) is 0. The maximum absolute atomic E-state index is 12.4. The van der Waals surface area contributed by atoms with E-state index in [1.54, 1.807) is 24.3 Å². The number of carbonyl (C=O) groups is 1. The quantitative estimate of drug-likeness (QED) is 0.561. The third-order valence-corrected chi connectivity index (χ3v) is 4.71. The number of rotatable bonds is 8. The Morgan fingerprint density at radius 2 is 2.08 bits per heavy atom. The van der Waals surface area contributed by atoms with Gasteiger partial charge in [-0.05, 0) is 42.4 Å². The molecule has 0 heterocycles. The van der Waals surface area contributed by atoms with Gasteiger partial charge in [0.2, 0.25) is 0 Å². The van der Waals surface area contributed by atoms with E-state index in [1.165, 1.54) is 6.42 Å². The number of nitrogens with zero attached hydrogens (tertiary/aromatic N) is 1. The molecule has 1 amide bonds. The van der Waals surface area contributed by atoms with Crippen molar-refractivity contribution in [1.29, 1.82) is 0 Å². The van der Waals surface area contributed by atoms with Crippen LogP contribution >= 0.6 is 0 Å². The lowest BCUT2D eigenvalue weighted by Crippen LogP contribution is -2.39. The van der Waals surface area contributed by atoms with Crippen LogP contribution in [0.5, 0.6) is 0 Å². The molecule has 0 spiro atoms. The topological polar surface area (TPSA) is 102 Å². The van der Waals surface area contributed by atoms with E-state index in [4.69, 9.17) is 0 Å². The van der Waals surface area contributed by atoms with Gasteiger partial charge in [0.1, 0.15) is 6.61 Å². The van der Waals surface area contributed by atoms with Crippen molar-refractivity contribution in [2.75, 3.05) is 13.2 Å². The maximum Gasteiger partial charge on any atom is 0.294 e. The number of hydrogen-bond acceptors (Lipinski definition) is 5. The molecule has 0 unspecified atom stereocenters. The Hall–Kier alpha value is -2.15. The summed E-state index contributed by atoms with van der Waals surface area (Å²) in [4.78, 5) is 27.0. The molecule has 0 aliphatic heterocycles. The smallest absolute Gasteiger partial charge is 0.294 e. The molecule has 0 saturated heterocycles. The van der Waals surface area contributed by atoms with Crippen molar-refractivity contribution in [2.45, 2.75) is 45.1 Å². The highest BCUT2D eigenvalue weighted by atomic mass is 16.9. The molecule has 0 atom stereocenters. The number of carbonyl (C=O) groups excluding carboxylic acids is 1. The normalized spacial score (nSPS) is 16.4. The summed E-state index contributed by atoms with van der Waals surface area (Å²) in [5.74, 6) is -0.208. The minimum absolute atomic E-state index is 0.0189. The predicted octanol–water partition coefficient (Wildman–Crippen LogP) is 2.46. The molecular weight excluding hydrogens is 312 g/mol. The Bertz CT molecular complexity index is 564. The van der Waals surface area contributed by atoms with Crippen molar-refractivity contribution in [1.82, 2.24) is 5.32 Å². The van der Waals surface area contributed by atoms with E-state index in [1.807, 2.05) is 0 Å². The number of hydrogen-bond donors (Lipinski definition) is 2. The van der Waals surface area contributed by atoms with Crippen LogP contribution in [0.4, 0.5) is 0 Å². The zero-order chi connectivity index (χ0) is 17.4. The van der Waals surface area contributed by atoms with Gasteiger partial charge >= 0.3 is 0 Å². The fourth-order valence-electron chi connectivity index (χ4n) is 3.35. The van der Waals surface area contributed by atoms with Crippen LogP contribution in [0, 0.1) is 15.5 Å². The fraction of sp³-hybridized carbons (Fsp3) is 0.588. The summed E-state index contributed by atoms with van der Waals surface area (Å²) in [6, 6.07) is 6.62. The maximum atomic E-state index is 12.4. The van der Waals surface area contributed by atoms with Gasteiger partial charge in [0.05, 0.1) is 0 Å². The summed E-state index contributed by atoms with van der Waals surface area (Å²) < 4.78 is 0. The average molecular weight is 336 g/mol. The summed E-state index contributed by atoms with van der Waals surface area (Å²) >= 11 is 0. The molecular formula is C17H24N2O5. The van der Waals surface area contributed by atoms with Gasteiger partial charge in [-0.3, -0.25) is 4.79 Å². The highest BCUT2D eigenvalue weighted by Gasteiger charge is 2.31. The lowest BCUT2D eigenvalue weighted by atomic mass is 9.72. The molecule has 132 valence electrons. The van der Waals surface area contributed by atoms with E-state index in [0.29, 0.717) is 24.1 Å². The van der Waals surface area contributed by atoms with Gasteiger partial charge in [0.15, 0.2) is 0 Å². The van der Waals surface area contributed by atoms with E-state index in [0.717, 1.165) is 25.7 Å². The Kier molecular flexibility index (Phi) is 6.54. The molecule has 1 aromatic carbocycles. The van der Waals surface area contributed by atoms with Crippen molar-refractivity contribution in [2.24, 2.45) is 5.41 Å². The molecule has 7 nitrogen and oxygen atoms in total. The molecule has 1 aromatic rings. The number of aliphatic hydroxyl groups is 1. The predicted molar refractivity (Wildman–Crippen MR) is 87.8 cm³/mol. The number of nitrogens with one attached hydrogen (secondary N) is 1. The average Bonchev–Trinajstić information content (AvgIpc) is 2.59. The fourth-order valence-corrected chi connectivity index (χ4v) is 3.35. The molecule has 2 N–H and O–H groups in total. The first-order valence-corrected chi connectivity index (χ1v) is 8.30. The minimum Gasteiger partial charge on any atom is -0.396 e. The number of aliphatic hydroxyl groups excluding tert-OH is 1. The van der Waals surface area contributed by atoms with Gasteiger partial charge in [0.25, 0.3) is 11.0 Å². The van der Waals surface area contributed by atoms with Crippen molar-refractivity contribution in [3.63, 3.8) is 0 Å². The molecule has 0 bridgehead atoms. The first kappa shape index (κ1) is 18.2. The second-order valence-corrected chi connectivity index (χ2v) is 6.41. The lowest BCUT2D eigenvalue weighted by molar-refractivity contribution is -0.763. The molecule has 0 radical (unpaired) electrons. The van der Waals surface area contributed by atoms with Gasteiger partial charge in [-0.15, -0.1) is 10.1 Å². The Morgan fingerprint density at radius 1 is 1.33 bits per heavy atom. The lowest BCUT2D eigenvalue weighted by Gasteiger charge is -2.37. The number of benzene rings is 1. The van der Waals surface area contributed by atoms with Gasteiger partial charge < -0.3 is 15.3 Å². The molecule has 1 fully saturated rings. The molecule has 2 rings (SSSR count). The summed E-state index contributed by atoms with van der Waals surface area (Å²) in [6.45, 7) is 0.494. The van der Waals surface area contributed by atoms with Gasteiger partial charge in [0, 0.05) is 18.7 Å².